The molecule has 28 heavy (non-hydrogen) atoms. The largest absolute Gasteiger partial charge is 0.280 e. The van der Waals surface area contributed by atoms with E-state index in [1.54, 1.807) is 36.5 Å². The smallest absolute Gasteiger partial charge is 0.249 e. The van der Waals surface area contributed by atoms with Crippen molar-refractivity contribution in [2.45, 2.75) is 19.4 Å². The Morgan fingerprint density at radius 3 is 2.68 bits per heavy atom. The Kier molecular flexibility index (Phi) is 5.06. The molecule has 0 radical (unpaired) electrons. The number of thiazole rings is 1. The number of carbonyl (C=O) groups excluding carboxylic acids is 3. The molecular formula is C19H15ClN4O3S. The highest BCUT2D eigenvalue weighted by atomic mass is 35.5. The first-order valence-electron chi connectivity index (χ1n) is 8.61. The van der Waals surface area contributed by atoms with Crippen LogP contribution in [0.1, 0.15) is 18.5 Å². The number of amides is 3. The molecule has 0 atom stereocenters. The summed E-state index contributed by atoms with van der Waals surface area (Å²) in [6.45, 7) is -0.120. The third-order valence-electron chi connectivity index (χ3n) is 4.37. The molecular weight excluding hydrogens is 400 g/mol. The maximum atomic E-state index is 13.0. The fourth-order valence-corrected chi connectivity index (χ4v) is 4.20. The fourth-order valence-electron chi connectivity index (χ4n) is 2.94. The number of rotatable bonds is 5. The first-order valence-corrected chi connectivity index (χ1v) is 9.80. The fraction of sp³-hybridized carbons (Fsp3) is 0.211. The zero-order chi connectivity index (χ0) is 19.7. The zero-order valence-corrected chi connectivity index (χ0v) is 16.2. The summed E-state index contributed by atoms with van der Waals surface area (Å²) in [5.74, 6) is -1.04. The average Bonchev–Trinajstić information content (AvgIpc) is 3.24. The summed E-state index contributed by atoms with van der Waals surface area (Å²) in [6, 6.07) is 10.7. The van der Waals surface area contributed by atoms with Crippen LogP contribution in [0.2, 0.25) is 5.02 Å². The second-order valence-corrected chi connectivity index (χ2v) is 7.73. The monoisotopic (exact) mass is 414 g/mol. The number of hydrogen-bond donors (Lipinski definition) is 0. The molecule has 9 heteroatoms. The zero-order valence-electron chi connectivity index (χ0n) is 14.7. The number of imide groups is 1. The van der Waals surface area contributed by atoms with Crippen LogP contribution in [0.25, 0.3) is 10.2 Å². The van der Waals surface area contributed by atoms with Crippen LogP contribution in [0.4, 0.5) is 5.13 Å². The van der Waals surface area contributed by atoms with Crippen LogP contribution in [0.3, 0.4) is 0 Å². The highest BCUT2D eigenvalue weighted by molar-refractivity contribution is 7.22. The van der Waals surface area contributed by atoms with Gasteiger partial charge in [-0.3, -0.25) is 29.2 Å². The Bertz CT molecular complexity index is 1050. The molecule has 1 fully saturated rings. The highest BCUT2D eigenvalue weighted by Crippen LogP contribution is 2.31. The predicted molar refractivity (Wildman–Crippen MR) is 106 cm³/mol. The second-order valence-electron chi connectivity index (χ2n) is 6.28. The van der Waals surface area contributed by atoms with Gasteiger partial charge in [-0.2, -0.15) is 0 Å². The van der Waals surface area contributed by atoms with Gasteiger partial charge in [-0.15, -0.1) is 0 Å². The van der Waals surface area contributed by atoms with Gasteiger partial charge in [0.15, 0.2) is 5.13 Å². The van der Waals surface area contributed by atoms with Crippen LogP contribution >= 0.6 is 22.9 Å². The number of likely N-dealkylation sites (tertiary alicyclic amines) is 1. The molecule has 3 heterocycles. The number of carbonyl (C=O) groups is 3. The molecule has 3 amide bonds. The summed E-state index contributed by atoms with van der Waals surface area (Å²) in [5, 5.41) is 1.05. The minimum absolute atomic E-state index is 0.145. The molecule has 1 aliphatic rings. The van der Waals surface area contributed by atoms with Crippen molar-refractivity contribution in [3.05, 3.63) is 53.3 Å². The first kappa shape index (κ1) is 18.5. The lowest BCUT2D eigenvalue weighted by Crippen LogP contribution is -2.42. The van der Waals surface area contributed by atoms with Crippen LogP contribution in [-0.4, -0.2) is 39.1 Å². The van der Waals surface area contributed by atoms with Gasteiger partial charge in [-0.05, 0) is 30.3 Å². The topological polar surface area (TPSA) is 83.5 Å². The van der Waals surface area contributed by atoms with Gasteiger partial charge in [-0.25, -0.2) is 4.98 Å². The maximum absolute atomic E-state index is 13.0. The Balaban J connectivity index is 1.67. The summed E-state index contributed by atoms with van der Waals surface area (Å²) >= 11 is 7.37. The number of anilines is 1. The SMILES string of the molecule is O=C1CCC(=O)N1CC(=O)N(Cc1ccccn1)c1nc2ccc(Cl)cc2s1. The predicted octanol–water partition coefficient (Wildman–Crippen LogP) is 3.03. The molecule has 1 aromatic carbocycles. The Morgan fingerprint density at radius 1 is 1.18 bits per heavy atom. The third-order valence-corrected chi connectivity index (χ3v) is 5.64. The van der Waals surface area contributed by atoms with Gasteiger partial charge >= 0.3 is 0 Å². The van der Waals surface area contributed by atoms with Crippen molar-refractivity contribution >= 4 is 56.0 Å². The number of nitrogens with zero attached hydrogens (tertiary/aromatic N) is 4. The van der Waals surface area contributed by atoms with Gasteiger partial charge in [0.2, 0.25) is 17.7 Å². The van der Waals surface area contributed by atoms with Crippen molar-refractivity contribution in [1.82, 2.24) is 14.9 Å². The number of aromatic nitrogens is 2. The standard InChI is InChI=1S/C19H15ClN4O3S/c20-12-4-5-14-15(9-12)28-19(22-14)24(10-13-3-1-2-8-21-13)18(27)11-23-16(25)6-7-17(23)26/h1-5,8-9H,6-7,10-11H2. The molecule has 1 aliphatic heterocycles. The molecule has 0 unspecified atom stereocenters. The second kappa shape index (κ2) is 7.65. The van der Waals surface area contributed by atoms with Crippen LogP contribution < -0.4 is 4.90 Å². The number of hydrogen-bond acceptors (Lipinski definition) is 6. The molecule has 2 aromatic heterocycles. The number of pyridine rings is 1. The lowest BCUT2D eigenvalue weighted by molar-refractivity contribution is -0.141. The van der Waals surface area contributed by atoms with Crippen LogP contribution in [0.15, 0.2) is 42.6 Å². The van der Waals surface area contributed by atoms with Gasteiger partial charge in [0.1, 0.15) is 6.54 Å². The van der Waals surface area contributed by atoms with E-state index in [-0.39, 0.29) is 43.7 Å². The van der Waals surface area contributed by atoms with Crippen molar-refractivity contribution in [2.75, 3.05) is 11.4 Å². The van der Waals surface area contributed by atoms with Crippen molar-refractivity contribution in [2.24, 2.45) is 0 Å². The van der Waals surface area contributed by atoms with Crippen molar-refractivity contribution in [3.8, 4) is 0 Å². The molecule has 0 bridgehead atoms. The molecule has 142 valence electrons. The summed E-state index contributed by atoms with van der Waals surface area (Å²) in [6.07, 6.45) is 1.93. The molecule has 0 spiro atoms. The van der Waals surface area contributed by atoms with E-state index in [0.29, 0.717) is 15.8 Å². The van der Waals surface area contributed by atoms with Crippen LogP contribution in [0, 0.1) is 0 Å². The molecule has 0 N–H and O–H groups in total. The molecule has 0 aliphatic carbocycles. The van der Waals surface area contributed by atoms with Gasteiger partial charge in [0, 0.05) is 24.1 Å². The van der Waals surface area contributed by atoms with E-state index in [1.807, 2.05) is 6.07 Å². The molecule has 7 nitrogen and oxygen atoms in total. The Labute approximate surface area is 169 Å². The van der Waals surface area contributed by atoms with E-state index in [0.717, 1.165) is 15.1 Å². The lowest BCUT2D eigenvalue weighted by atomic mass is 10.3. The Morgan fingerprint density at radius 2 is 1.96 bits per heavy atom. The van der Waals surface area contributed by atoms with Gasteiger partial charge in [0.05, 0.1) is 22.5 Å². The third kappa shape index (κ3) is 3.74. The number of benzene rings is 1. The van der Waals surface area contributed by atoms with Gasteiger partial charge in [-0.1, -0.05) is 29.0 Å². The lowest BCUT2D eigenvalue weighted by Gasteiger charge is -2.22. The van der Waals surface area contributed by atoms with E-state index in [1.165, 1.54) is 16.2 Å². The van der Waals surface area contributed by atoms with Gasteiger partial charge in [0.25, 0.3) is 0 Å². The van der Waals surface area contributed by atoms with Crippen molar-refractivity contribution < 1.29 is 14.4 Å². The molecule has 0 saturated carbocycles. The van der Waals surface area contributed by atoms with E-state index >= 15 is 0 Å². The minimum atomic E-state index is -0.389. The van der Waals surface area contributed by atoms with Crippen molar-refractivity contribution in [1.29, 1.82) is 0 Å². The van der Waals surface area contributed by atoms with E-state index in [2.05, 4.69) is 9.97 Å². The highest BCUT2D eigenvalue weighted by Gasteiger charge is 2.33. The molecule has 1 saturated heterocycles. The molecule has 3 aromatic rings. The normalized spacial score (nSPS) is 14.1. The first-order chi connectivity index (χ1) is 13.5. The number of halogens is 1. The summed E-state index contributed by atoms with van der Waals surface area (Å²) in [4.78, 5) is 48.1. The summed E-state index contributed by atoms with van der Waals surface area (Å²) in [5.41, 5.74) is 1.39. The number of fused-ring (bicyclic) bond motifs is 1. The Hall–Kier alpha value is -2.84. The average molecular weight is 415 g/mol. The van der Waals surface area contributed by atoms with E-state index in [4.69, 9.17) is 11.6 Å². The quantitative estimate of drug-likeness (QED) is 0.599. The van der Waals surface area contributed by atoms with E-state index < -0.39 is 0 Å². The van der Waals surface area contributed by atoms with Crippen molar-refractivity contribution in [3.63, 3.8) is 0 Å². The van der Waals surface area contributed by atoms with Gasteiger partial charge < -0.3 is 0 Å². The van der Waals surface area contributed by atoms with Crippen LogP contribution in [0.5, 0.6) is 0 Å². The maximum Gasteiger partial charge on any atom is 0.249 e. The summed E-state index contributed by atoms with van der Waals surface area (Å²) in [7, 11) is 0. The van der Waals surface area contributed by atoms with E-state index in [9.17, 15) is 14.4 Å². The molecule has 4 rings (SSSR count). The summed E-state index contributed by atoms with van der Waals surface area (Å²) < 4.78 is 0.842. The minimum Gasteiger partial charge on any atom is -0.280 e. The van der Waals surface area contributed by atoms with Crippen LogP contribution in [-0.2, 0) is 20.9 Å².